The summed E-state index contributed by atoms with van der Waals surface area (Å²) in [4.78, 5) is 17.3. The summed E-state index contributed by atoms with van der Waals surface area (Å²) in [5, 5.41) is 9.58. The fraction of sp³-hybridized carbons (Fsp3) is 0.400. The molecule has 0 saturated carbocycles. The van der Waals surface area contributed by atoms with Gasteiger partial charge in [0.25, 0.3) is 0 Å². The molecule has 0 radical (unpaired) electrons. The molecule has 3 aromatic rings. The molecule has 0 bridgehead atoms. The molecule has 1 aliphatic rings. The van der Waals surface area contributed by atoms with Gasteiger partial charge in [-0.25, -0.2) is 0 Å². The van der Waals surface area contributed by atoms with Gasteiger partial charge in [0, 0.05) is 45.2 Å². The molecular weight excluding hydrogens is 418 g/mol. The van der Waals surface area contributed by atoms with Crippen LogP contribution in [0.1, 0.15) is 36.8 Å². The SMILES string of the molecule is CCn1c(Cc2ccccc2)nnc1SCC(=O)N1CCN(C(C)c2ccccc2)CC1. The van der Waals surface area contributed by atoms with Crippen LogP contribution >= 0.6 is 11.8 Å². The van der Waals surface area contributed by atoms with Crippen LogP contribution in [-0.4, -0.2) is 62.4 Å². The van der Waals surface area contributed by atoms with Crippen molar-refractivity contribution >= 4 is 17.7 Å². The molecule has 1 amide bonds. The van der Waals surface area contributed by atoms with Crippen molar-refractivity contribution in [3.8, 4) is 0 Å². The van der Waals surface area contributed by atoms with Crippen LogP contribution in [0.4, 0.5) is 0 Å². The van der Waals surface area contributed by atoms with Crippen LogP contribution in [0.15, 0.2) is 65.8 Å². The Morgan fingerprint density at radius 2 is 1.62 bits per heavy atom. The molecule has 0 aliphatic carbocycles. The van der Waals surface area contributed by atoms with E-state index >= 15 is 0 Å². The number of aromatic nitrogens is 3. The Balaban J connectivity index is 1.29. The van der Waals surface area contributed by atoms with Crippen LogP contribution in [0, 0.1) is 0 Å². The molecular formula is C25H31N5OS. The van der Waals surface area contributed by atoms with E-state index in [0.29, 0.717) is 11.8 Å². The van der Waals surface area contributed by atoms with Crippen molar-refractivity contribution in [3.05, 3.63) is 77.6 Å². The van der Waals surface area contributed by atoms with E-state index in [1.807, 2.05) is 23.1 Å². The Morgan fingerprint density at radius 1 is 0.969 bits per heavy atom. The van der Waals surface area contributed by atoms with E-state index < -0.39 is 0 Å². The van der Waals surface area contributed by atoms with Gasteiger partial charge in [0.05, 0.1) is 5.75 Å². The molecule has 0 N–H and O–H groups in total. The first kappa shape index (κ1) is 22.6. The molecule has 0 spiro atoms. The standard InChI is InChI=1S/C25H31N5OS/c1-3-30-23(18-21-10-6-4-7-11-21)26-27-25(30)32-19-24(31)29-16-14-28(15-17-29)20(2)22-12-8-5-9-13-22/h4-13,20H,3,14-19H2,1-2H3. The first-order chi connectivity index (χ1) is 15.7. The van der Waals surface area contributed by atoms with Crippen LogP contribution in [0.2, 0.25) is 0 Å². The number of piperazine rings is 1. The van der Waals surface area contributed by atoms with Crippen molar-refractivity contribution < 1.29 is 4.79 Å². The maximum Gasteiger partial charge on any atom is 0.233 e. The Bertz CT molecular complexity index is 1000. The number of thioether (sulfide) groups is 1. The molecule has 7 heteroatoms. The van der Waals surface area contributed by atoms with Gasteiger partial charge in [0.1, 0.15) is 5.82 Å². The van der Waals surface area contributed by atoms with Crippen LogP contribution in [0.3, 0.4) is 0 Å². The average molecular weight is 450 g/mol. The number of carbonyl (C=O) groups is 1. The lowest BCUT2D eigenvalue weighted by Crippen LogP contribution is -2.49. The number of hydrogen-bond donors (Lipinski definition) is 0. The minimum absolute atomic E-state index is 0.178. The van der Waals surface area contributed by atoms with E-state index in [1.165, 1.54) is 22.9 Å². The molecule has 1 atom stereocenters. The molecule has 32 heavy (non-hydrogen) atoms. The van der Waals surface area contributed by atoms with E-state index in [-0.39, 0.29) is 5.91 Å². The molecule has 2 aromatic carbocycles. The van der Waals surface area contributed by atoms with Crippen LogP contribution in [0.5, 0.6) is 0 Å². The first-order valence-electron chi connectivity index (χ1n) is 11.3. The maximum atomic E-state index is 12.8. The lowest BCUT2D eigenvalue weighted by Gasteiger charge is -2.38. The summed E-state index contributed by atoms with van der Waals surface area (Å²) in [6.45, 7) is 8.48. The highest BCUT2D eigenvalue weighted by atomic mass is 32.2. The van der Waals surface area contributed by atoms with Crippen molar-refractivity contribution in [2.45, 2.75) is 38.0 Å². The third-order valence-corrected chi connectivity index (χ3v) is 7.09. The van der Waals surface area contributed by atoms with Gasteiger partial charge in [-0.05, 0) is 25.0 Å². The largest absolute Gasteiger partial charge is 0.339 e. The van der Waals surface area contributed by atoms with Gasteiger partial charge in [-0.3, -0.25) is 9.69 Å². The second-order valence-electron chi connectivity index (χ2n) is 8.10. The minimum atomic E-state index is 0.178. The highest BCUT2D eigenvalue weighted by Gasteiger charge is 2.25. The van der Waals surface area contributed by atoms with Crippen molar-refractivity contribution in [1.29, 1.82) is 0 Å². The number of hydrogen-bond acceptors (Lipinski definition) is 5. The summed E-state index contributed by atoms with van der Waals surface area (Å²) in [6.07, 6.45) is 0.748. The molecule has 1 saturated heterocycles. The van der Waals surface area contributed by atoms with Crippen LogP contribution in [-0.2, 0) is 17.8 Å². The predicted octanol–water partition coefficient (Wildman–Crippen LogP) is 3.89. The Hall–Kier alpha value is -2.64. The normalized spacial score (nSPS) is 15.6. The molecule has 2 heterocycles. The van der Waals surface area contributed by atoms with E-state index in [9.17, 15) is 4.79 Å². The third-order valence-electron chi connectivity index (χ3n) is 6.14. The third kappa shape index (κ3) is 5.40. The lowest BCUT2D eigenvalue weighted by molar-refractivity contribution is -0.130. The quantitative estimate of drug-likeness (QED) is 0.489. The Morgan fingerprint density at radius 3 is 2.28 bits per heavy atom. The summed E-state index contributed by atoms with van der Waals surface area (Å²) >= 11 is 1.49. The van der Waals surface area contributed by atoms with Gasteiger partial charge in [-0.2, -0.15) is 0 Å². The van der Waals surface area contributed by atoms with Gasteiger partial charge < -0.3 is 9.47 Å². The van der Waals surface area contributed by atoms with Crippen LogP contribution in [0.25, 0.3) is 0 Å². The zero-order chi connectivity index (χ0) is 22.3. The van der Waals surface area contributed by atoms with Gasteiger partial charge in [0.15, 0.2) is 5.16 Å². The van der Waals surface area contributed by atoms with Crippen molar-refractivity contribution in [2.75, 3.05) is 31.9 Å². The Kier molecular flexibility index (Phi) is 7.60. The van der Waals surface area contributed by atoms with E-state index in [4.69, 9.17) is 0 Å². The maximum absolute atomic E-state index is 12.8. The number of amides is 1. The summed E-state index contributed by atoms with van der Waals surface area (Å²) < 4.78 is 2.12. The van der Waals surface area contributed by atoms with Crippen LogP contribution < -0.4 is 0 Å². The van der Waals surface area contributed by atoms with Gasteiger partial charge in [-0.15, -0.1) is 10.2 Å². The molecule has 6 nitrogen and oxygen atoms in total. The second kappa shape index (κ2) is 10.8. The molecule has 1 aromatic heterocycles. The average Bonchev–Trinajstić information content (AvgIpc) is 3.24. The predicted molar refractivity (Wildman–Crippen MR) is 129 cm³/mol. The fourth-order valence-corrected chi connectivity index (χ4v) is 5.10. The van der Waals surface area contributed by atoms with E-state index in [2.05, 4.69) is 76.0 Å². The van der Waals surface area contributed by atoms with E-state index in [0.717, 1.165) is 50.1 Å². The van der Waals surface area contributed by atoms with Crippen molar-refractivity contribution in [2.24, 2.45) is 0 Å². The number of carbonyl (C=O) groups excluding carboxylic acids is 1. The lowest BCUT2D eigenvalue weighted by atomic mass is 10.1. The van der Waals surface area contributed by atoms with Gasteiger partial charge in [-0.1, -0.05) is 72.4 Å². The summed E-state index contributed by atoms with van der Waals surface area (Å²) in [7, 11) is 0. The monoisotopic (exact) mass is 449 g/mol. The molecule has 168 valence electrons. The fourth-order valence-electron chi connectivity index (χ4n) is 4.17. The van der Waals surface area contributed by atoms with Gasteiger partial charge in [0.2, 0.25) is 5.91 Å². The topological polar surface area (TPSA) is 54.3 Å². The molecule has 1 aliphatic heterocycles. The summed E-state index contributed by atoms with van der Waals surface area (Å²) in [6, 6.07) is 21.2. The van der Waals surface area contributed by atoms with Gasteiger partial charge >= 0.3 is 0 Å². The minimum Gasteiger partial charge on any atom is -0.339 e. The highest BCUT2D eigenvalue weighted by molar-refractivity contribution is 7.99. The molecule has 1 fully saturated rings. The summed E-state index contributed by atoms with van der Waals surface area (Å²) in [5.41, 5.74) is 2.54. The molecule has 4 rings (SSSR count). The number of benzene rings is 2. The molecule has 1 unspecified atom stereocenters. The van der Waals surface area contributed by atoms with Crippen molar-refractivity contribution in [1.82, 2.24) is 24.6 Å². The van der Waals surface area contributed by atoms with Crippen molar-refractivity contribution in [3.63, 3.8) is 0 Å². The number of nitrogens with zero attached hydrogens (tertiary/aromatic N) is 5. The smallest absolute Gasteiger partial charge is 0.233 e. The number of rotatable bonds is 8. The second-order valence-corrected chi connectivity index (χ2v) is 9.04. The zero-order valence-corrected chi connectivity index (χ0v) is 19.7. The zero-order valence-electron chi connectivity index (χ0n) is 18.9. The highest BCUT2D eigenvalue weighted by Crippen LogP contribution is 2.23. The summed E-state index contributed by atoms with van der Waals surface area (Å²) in [5.74, 6) is 1.52. The van der Waals surface area contributed by atoms with E-state index in [1.54, 1.807) is 0 Å². The Labute approximate surface area is 194 Å². The first-order valence-corrected chi connectivity index (χ1v) is 12.3.